The van der Waals surface area contributed by atoms with Gasteiger partial charge in [0.1, 0.15) is 5.75 Å². The van der Waals surface area contributed by atoms with Crippen LogP contribution in [0.3, 0.4) is 0 Å². The molecule has 0 aliphatic carbocycles. The van der Waals surface area contributed by atoms with Crippen molar-refractivity contribution in [1.82, 2.24) is 10.7 Å². The largest absolute Gasteiger partial charge is 0.493 e. The molecule has 1 aliphatic heterocycles. The van der Waals surface area contributed by atoms with Gasteiger partial charge in [-0.25, -0.2) is 5.43 Å². The molecule has 1 aromatic rings. The van der Waals surface area contributed by atoms with Crippen LogP contribution in [0.5, 0.6) is 5.75 Å². The number of nitrogens with one attached hydrogen (secondary N) is 2. The molecule has 7 heteroatoms. The first-order chi connectivity index (χ1) is 10.9. The van der Waals surface area contributed by atoms with E-state index >= 15 is 0 Å². The average Bonchev–Trinajstić information content (AvgIpc) is 2.84. The van der Waals surface area contributed by atoms with Gasteiger partial charge in [-0.05, 0) is 41.5 Å². The smallest absolute Gasteiger partial charge is 0.264 e. The Bertz CT molecular complexity index is 651. The van der Waals surface area contributed by atoms with E-state index in [9.17, 15) is 9.59 Å². The summed E-state index contributed by atoms with van der Waals surface area (Å²) in [6.45, 7) is 6.20. The Balaban J connectivity index is 2.02. The fourth-order valence-corrected chi connectivity index (χ4v) is 2.47. The lowest BCUT2D eigenvalue weighted by Crippen LogP contribution is -2.23. The fraction of sp³-hybridized carbons (Fsp3) is 0.312. The number of amidine groups is 1. The quantitative estimate of drug-likeness (QED) is 0.640. The normalized spacial score (nSPS) is 17.7. The number of benzene rings is 1. The van der Waals surface area contributed by atoms with Crippen molar-refractivity contribution in [3.8, 4) is 5.75 Å². The maximum absolute atomic E-state index is 11.9. The number of ether oxygens (including phenoxy) is 1. The molecule has 2 rings (SSSR count). The van der Waals surface area contributed by atoms with E-state index in [4.69, 9.17) is 4.74 Å². The van der Waals surface area contributed by atoms with Crippen LogP contribution in [-0.2, 0) is 9.59 Å². The fourth-order valence-electron chi connectivity index (χ4n) is 1.68. The average molecular weight is 333 g/mol. The summed E-state index contributed by atoms with van der Waals surface area (Å²) in [7, 11) is 0. The second kappa shape index (κ2) is 7.82. The van der Waals surface area contributed by atoms with Gasteiger partial charge < -0.3 is 4.74 Å². The first kappa shape index (κ1) is 17.1. The summed E-state index contributed by atoms with van der Waals surface area (Å²) in [5.41, 5.74) is 3.18. The number of nitrogens with zero attached hydrogens (tertiary/aromatic N) is 1. The third-order valence-electron chi connectivity index (χ3n) is 2.73. The Hall–Kier alpha value is -2.28. The lowest BCUT2D eigenvalue weighted by atomic mass is 10.2. The van der Waals surface area contributed by atoms with Gasteiger partial charge >= 0.3 is 0 Å². The molecule has 2 N–H and O–H groups in total. The first-order valence-electron chi connectivity index (χ1n) is 7.22. The Morgan fingerprint density at radius 3 is 2.70 bits per heavy atom. The Labute approximate surface area is 139 Å². The minimum Gasteiger partial charge on any atom is -0.493 e. The van der Waals surface area contributed by atoms with Crippen LogP contribution >= 0.6 is 11.8 Å². The van der Waals surface area contributed by atoms with E-state index in [-0.39, 0.29) is 11.8 Å². The second-order valence-electron chi connectivity index (χ2n) is 5.42. The highest BCUT2D eigenvalue weighted by Gasteiger charge is 2.23. The van der Waals surface area contributed by atoms with Crippen molar-refractivity contribution < 1.29 is 14.3 Å². The molecule has 0 unspecified atom stereocenters. The number of hydrogen-bond donors (Lipinski definition) is 2. The molecular weight excluding hydrogens is 314 g/mol. The summed E-state index contributed by atoms with van der Waals surface area (Å²) in [4.78, 5) is 23.2. The second-order valence-corrected chi connectivity index (χ2v) is 6.45. The highest BCUT2D eigenvalue weighted by molar-refractivity contribution is 8.18. The van der Waals surface area contributed by atoms with Gasteiger partial charge in [-0.2, -0.15) is 0 Å². The van der Waals surface area contributed by atoms with E-state index < -0.39 is 0 Å². The first-order valence-corrected chi connectivity index (χ1v) is 8.03. The maximum atomic E-state index is 11.9. The van der Waals surface area contributed by atoms with Gasteiger partial charge in [0.15, 0.2) is 5.17 Å². The zero-order chi connectivity index (χ0) is 16.8. The van der Waals surface area contributed by atoms with Crippen LogP contribution in [-0.4, -0.2) is 23.6 Å². The molecule has 0 aromatic heterocycles. The van der Waals surface area contributed by atoms with Gasteiger partial charge in [0, 0.05) is 6.92 Å². The van der Waals surface area contributed by atoms with Crippen LogP contribution in [0.2, 0.25) is 0 Å². The lowest BCUT2D eigenvalue weighted by molar-refractivity contribution is -0.119. The number of thioether (sulfide) groups is 1. The molecule has 1 saturated heterocycles. The maximum Gasteiger partial charge on any atom is 0.264 e. The molecule has 2 amide bonds. The number of carbonyl (C=O) groups excluding carboxylic acids is 2. The summed E-state index contributed by atoms with van der Waals surface area (Å²) >= 11 is 1.18. The van der Waals surface area contributed by atoms with Crippen LogP contribution in [0, 0.1) is 5.92 Å². The van der Waals surface area contributed by atoms with Crippen molar-refractivity contribution in [1.29, 1.82) is 0 Å². The van der Waals surface area contributed by atoms with Gasteiger partial charge in [-0.3, -0.25) is 14.9 Å². The number of amides is 2. The molecule has 0 bridgehead atoms. The van der Waals surface area contributed by atoms with Gasteiger partial charge in [-0.15, -0.1) is 5.10 Å². The summed E-state index contributed by atoms with van der Waals surface area (Å²) in [6.07, 6.45) is 1.77. The third-order valence-corrected chi connectivity index (χ3v) is 3.64. The van der Waals surface area contributed by atoms with Crippen LogP contribution in [0.25, 0.3) is 6.08 Å². The summed E-state index contributed by atoms with van der Waals surface area (Å²) in [5, 5.41) is 6.75. The highest BCUT2D eigenvalue weighted by atomic mass is 32.2. The van der Waals surface area contributed by atoms with E-state index in [1.165, 1.54) is 18.7 Å². The van der Waals surface area contributed by atoms with E-state index in [2.05, 4.69) is 29.7 Å². The van der Waals surface area contributed by atoms with Gasteiger partial charge in [0.05, 0.1) is 11.5 Å². The molecule has 23 heavy (non-hydrogen) atoms. The van der Waals surface area contributed by atoms with Gasteiger partial charge in [0.25, 0.3) is 5.91 Å². The van der Waals surface area contributed by atoms with Crippen molar-refractivity contribution in [2.24, 2.45) is 11.0 Å². The van der Waals surface area contributed by atoms with Crippen molar-refractivity contribution in [2.45, 2.75) is 20.8 Å². The summed E-state index contributed by atoms with van der Waals surface area (Å²) in [6, 6.07) is 7.52. The number of rotatable bonds is 5. The molecule has 1 heterocycles. The molecule has 6 nitrogen and oxygen atoms in total. The summed E-state index contributed by atoms with van der Waals surface area (Å²) < 4.78 is 5.62. The molecule has 1 fully saturated rings. The third kappa shape index (κ3) is 5.45. The Kier molecular flexibility index (Phi) is 5.81. The van der Waals surface area contributed by atoms with Crippen LogP contribution in [0.15, 0.2) is 34.3 Å². The van der Waals surface area contributed by atoms with Crippen molar-refractivity contribution in [2.75, 3.05) is 6.61 Å². The number of carbonyl (C=O) groups is 2. The topological polar surface area (TPSA) is 79.8 Å². The standard InChI is InChI=1S/C16H19N3O3S/c1-10(2)9-22-13-6-4-12(5-7-13)8-14-15(21)17-16(23-14)19-18-11(3)20/h4-8,10H,9H2,1-3H3,(H,18,20)(H,17,19,21)/b14-8-. The van der Waals surface area contributed by atoms with Gasteiger partial charge in [-0.1, -0.05) is 26.0 Å². The molecule has 0 atom stereocenters. The summed E-state index contributed by atoms with van der Waals surface area (Å²) in [5.74, 6) is 0.745. The zero-order valence-corrected chi connectivity index (χ0v) is 14.1. The molecule has 1 aliphatic rings. The van der Waals surface area contributed by atoms with Crippen molar-refractivity contribution in [3.05, 3.63) is 34.7 Å². The van der Waals surface area contributed by atoms with Crippen molar-refractivity contribution >= 4 is 34.8 Å². The number of hydrogen-bond acceptors (Lipinski definition) is 5. The van der Waals surface area contributed by atoms with E-state index in [1.54, 1.807) is 6.08 Å². The van der Waals surface area contributed by atoms with Crippen LogP contribution < -0.4 is 15.5 Å². The molecule has 122 valence electrons. The molecular formula is C16H19N3O3S. The molecule has 0 radical (unpaired) electrons. The minimum atomic E-state index is -0.290. The lowest BCUT2D eigenvalue weighted by Gasteiger charge is -2.08. The Morgan fingerprint density at radius 2 is 2.09 bits per heavy atom. The van der Waals surface area contributed by atoms with Crippen LogP contribution in [0.4, 0.5) is 0 Å². The predicted molar refractivity (Wildman–Crippen MR) is 91.7 cm³/mol. The predicted octanol–water partition coefficient (Wildman–Crippen LogP) is 2.33. The van der Waals surface area contributed by atoms with E-state index in [1.807, 2.05) is 24.3 Å². The van der Waals surface area contributed by atoms with E-state index in [0.717, 1.165) is 11.3 Å². The number of hydrazone groups is 1. The molecule has 0 spiro atoms. The molecule has 0 saturated carbocycles. The molecule has 1 aromatic carbocycles. The highest BCUT2D eigenvalue weighted by Crippen LogP contribution is 2.26. The zero-order valence-electron chi connectivity index (χ0n) is 13.3. The van der Waals surface area contributed by atoms with Gasteiger partial charge in [0.2, 0.25) is 5.91 Å². The van der Waals surface area contributed by atoms with E-state index in [0.29, 0.717) is 22.6 Å². The van der Waals surface area contributed by atoms with Crippen LogP contribution in [0.1, 0.15) is 26.3 Å². The SMILES string of the molecule is CC(=O)N/N=C1\NC(=O)/C(=C/c2ccc(OCC(C)C)cc2)S1. The van der Waals surface area contributed by atoms with Crippen molar-refractivity contribution in [3.63, 3.8) is 0 Å². The minimum absolute atomic E-state index is 0.237. The monoisotopic (exact) mass is 333 g/mol. The Morgan fingerprint density at radius 1 is 1.39 bits per heavy atom.